The van der Waals surface area contributed by atoms with E-state index in [1.807, 2.05) is 30.3 Å². The van der Waals surface area contributed by atoms with Gasteiger partial charge in [0.15, 0.2) is 0 Å². The summed E-state index contributed by atoms with van der Waals surface area (Å²) in [5.74, 6) is 0.827. The molecule has 8 nitrogen and oxygen atoms in total. The monoisotopic (exact) mass is 454 g/mol. The van der Waals surface area contributed by atoms with E-state index >= 15 is 0 Å². The van der Waals surface area contributed by atoms with Crippen molar-refractivity contribution in [1.29, 1.82) is 0 Å². The molecular weight excluding hydrogens is 424 g/mol. The molecule has 0 aliphatic rings. The lowest BCUT2D eigenvalue weighted by atomic mass is 10.3. The van der Waals surface area contributed by atoms with E-state index in [2.05, 4.69) is 0 Å². The lowest BCUT2D eigenvalue weighted by Crippen LogP contribution is -2.15. The maximum atomic E-state index is 11.9. The van der Waals surface area contributed by atoms with E-state index in [0.717, 1.165) is 5.75 Å². The van der Waals surface area contributed by atoms with Crippen LogP contribution in [0.3, 0.4) is 0 Å². The molecular formula is C22H30O8S. The van der Waals surface area contributed by atoms with Gasteiger partial charge in [-0.05, 0) is 24.3 Å². The van der Waals surface area contributed by atoms with E-state index in [1.54, 1.807) is 18.2 Å². The molecule has 0 radical (unpaired) electrons. The summed E-state index contributed by atoms with van der Waals surface area (Å²) in [6, 6.07) is 17.6. The van der Waals surface area contributed by atoms with E-state index in [4.69, 9.17) is 27.9 Å². The van der Waals surface area contributed by atoms with Crippen molar-refractivity contribution in [2.75, 3.05) is 66.1 Å². The fourth-order valence-electron chi connectivity index (χ4n) is 2.35. The van der Waals surface area contributed by atoms with Crippen LogP contribution in [0.1, 0.15) is 0 Å². The number of hydrogen-bond acceptors (Lipinski definition) is 8. The van der Waals surface area contributed by atoms with Crippen LogP contribution in [0.2, 0.25) is 0 Å². The molecule has 0 saturated carbocycles. The Morgan fingerprint density at radius 2 is 0.935 bits per heavy atom. The fraction of sp³-hybridized carbons (Fsp3) is 0.455. The molecule has 0 heterocycles. The molecule has 0 bridgehead atoms. The van der Waals surface area contributed by atoms with Crippen LogP contribution in [0.4, 0.5) is 0 Å². The van der Waals surface area contributed by atoms with Crippen molar-refractivity contribution in [3.8, 4) is 5.75 Å². The molecule has 0 atom stereocenters. The highest BCUT2D eigenvalue weighted by molar-refractivity contribution is 7.86. The summed E-state index contributed by atoms with van der Waals surface area (Å²) in [5.41, 5.74) is 0. The smallest absolute Gasteiger partial charge is 0.297 e. The first-order chi connectivity index (χ1) is 15.2. The van der Waals surface area contributed by atoms with E-state index in [1.165, 1.54) is 12.1 Å². The Bertz CT molecular complexity index is 784. The lowest BCUT2D eigenvalue weighted by Gasteiger charge is -2.09. The van der Waals surface area contributed by atoms with Gasteiger partial charge in [0.2, 0.25) is 0 Å². The number of para-hydroxylation sites is 1. The van der Waals surface area contributed by atoms with Gasteiger partial charge < -0.3 is 23.7 Å². The average molecular weight is 455 g/mol. The van der Waals surface area contributed by atoms with Crippen LogP contribution >= 0.6 is 0 Å². The SMILES string of the molecule is O=S(=O)(OCCOCCOCCOCCOCCOc1ccccc1)c1ccccc1. The summed E-state index contributed by atoms with van der Waals surface area (Å²) in [6.45, 7) is 3.74. The van der Waals surface area contributed by atoms with Gasteiger partial charge in [-0.1, -0.05) is 36.4 Å². The van der Waals surface area contributed by atoms with Crippen LogP contribution in [0.15, 0.2) is 65.6 Å². The van der Waals surface area contributed by atoms with Gasteiger partial charge in [-0.3, -0.25) is 4.18 Å². The number of benzene rings is 2. The van der Waals surface area contributed by atoms with Gasteiger partial charge >= 0.3 is 0 Å². The molecule has 172 valence electrons. The summed E-state index contributed by atoms with van der Waals surface area (Å²) < 4.78 is 55.7. The van der Waals surface area contributed by atoms with Crippen molar-refractivity contribution < 1.29 is 36.3 Å². The van der Waals surface area contributed by atoms with Crippen molar-refractivity contribution in [3.63, 3.8) is 0 Å². The Morgan fingerprint density at radius 3 is 1.45 bits per heavy atom. The maximum absolute atomic E-state index is 11.9. The molecule has 0 saturated heterocycles. The molecule has 0 amide bonds. The maximum Gasteiger partial charge on any atom is 0.297 e. The Morgan fingerprint density at radius 1 is 0.516 bits per heavy atom. The molecule has 9 heteroatoms. The van der Waals surface area contributed by atoms with E-state index in [-0.39, 0.29) is 18.1 Å². The Balaban J connectivity index is 1.31. The average Bonchev–Trinajstić information content (AvgIpc) is 2.80. The van der Waals surface area contributed by atoms with Crippen LogP contribution in [-0.2, 0) is 33.2 Å². The third-order valence-corrected chi connectivity index (χ3v) is 5.18. The van der Waals surface area contributed by atoms with E-state index in [0.29, 0.717) is 52.9 Å². The topological polar surface area (TPSA) is 89.5 Å². The van der Waals surface area contributed by atoms with Gasteiger partial charge in [0.05, 0.1) is 64.4 Å². The van der Waals surface area contributed by atoms with Crippen LogP contribution in [0, 0.1) is 0 Å². The molecule has 0 spiro atoms. The van der Waals surface area contributed by atoms with Gasteiger partial charge in [0.25, 0.3) is 10.1 Å². The summed E-state index contributed by atoms with van der Waals surface area (Å²) in [4.78, 5) is 0.129. The van der Waals surface area contributed by atoms with Crippen molar-refractivity contribution in [2.45, 2.75) is 4.90 Å². The van der Waals surface area contributed by atoms with Crippen LogP contribution in [0.25, 0.3) is 0 Å². The second-order valence-corrected chi connectivity index (χ2v) is 7.82. The molecule has 2 aromatic rings. The lowest BCUT2D eigenvalue weighted by molar-refractivity contribution is -0.00682. The number of rotatable bonds is 18. The summed E-state index contributed by atoms with van der Waals surface area (Å²) >= 11 is 0. The van der Waals surface area contributed by atoms with Gasteiger partial charge in [0, 0.05) is 0 Å². The Hall–Kier alpha value is -2.01. The van der Waals surface area contributed by atoms with Gasteiger partial charge in [-0.25, -0.2) is 0 Å². The third kappa shape index (κ3) is 11.8. The summed E-state index contributed by atoms with van der Waals surface area (Å²) in [6.07, 6.45) is 0. The van der Waals surface area contributed by atoms with Gasteiger partial charge in [-0.15, -0.1) is 0 Å². The minimum atomic E-state index is -3.74. The molecule has 0 aromatic heterocycles. The zero-order valence-corrected chi connectivity index (χ0v) is 18.3. The zero-order valence-electron chi connectivity index (χ0n) is 17.5. The third-order valence-electron chi connectivity index (χ3n) is 3.85. The molecule has 0 fully saturated rings. The van der Waals surface area contributed by atoms with Crippen molar-refractivity contribution in [1.82, 2.24) is 0 Å². The van der Waals surface area contributed by atoms with Crippen LogP contribution < -0.4 is 4.74 Å². The molecule has 2 aromatic carbocycles. The minimum absolute atomic E-state index is 0.0449. The Kier molecular flexibility index (Phi) is 12.8. The van der Waals surface area contributed by atoms with E-state index in [9.17, 15) is 8.42 Å². The second kappa shape index (κ2) is 15.7. The summed E-state index contributed by atoms with van der Waals surface area (Å²) in [5, 5.41) is 0. The standard InChI is InChI=1S/C22H30O8S/c23-31(24,22-9-5-2-6-10-22)30-20-18-28-16-14-26-12-11-25-13-15-27-17-19-29-21-7-3-1-4-8-21/h1-10H,11-20H2. The quantitative estimate of drug-likeness (QED) is 0.251. The van der Waals surface area contributed by atoms with Crippen molar-refractivity contribution >= 4 is 10.1 Å². The molecule has 0 aliphatic heterocycles. The first kappa shape index (κ1) is 25.3. The normalized spacial score (nSPS) is 11.5. The van der Waals surface area contributed by atoms with Crippen molar-refractivity contribution in [2.24, 2.45) is 0 Å². The van der Waals surface area contributed by atoms with Crippen LogP contribution in [0.5, 0.6) is 5.75 Å². The van der Waals surface area contributed by atoms with Crippen molar-refractivity contribution in [3.05, 3.63) is 60.7 Å². The predicted octanol–water partition coefficient (Wildman–Crippen LogP) is 2.54. The molecule has 2 rings (SSSR count). The molecule has 0 N–H and O–H groups in total. The predicted molar refractivity (Wildman–Crippen MR) is 115 cm³/mol. The largest absolute Gasteiger partial charge is 0.491 e. The van der Waals surface area contributed by atoms with Crippen LogP contribution in [-0.4, -0.2) is 74.5 Å². The molecule has 0 unspecified atom stereocenters. The number of ether oxygens (including phenoxy) is 5. The highest BCUT2D eigenvalue weighted by atomic mass is 32.2. The second-order valence-electron chi connectivity index (χ2n) is 6.20. The van der Waals surface area contributed by atoms with Gasteiger partial charge in [-0.2, -0.15) is 8.42 Å². The zero-order chi connectivity index (χ0) is 22.0. The Labute approximate surface area is 184 Å². The first-order valence-corrected chi connectivity index (χ1v) is 11.5. The van der Waals surface area contributed by atoms with E-state index < -0.39 is 10.1 Å². The highest BCUT2D eigenvalue weighted by Gasteiger charge is 2.13. The van der Waals surface area contributed by atoms with Gasteiger partial charge in [0.1, 0.15) is 12.4 Å². The first-order valence-electron chi connectivity index (χ1n) is 10.1. The summed E-state index contributed by atoms with van der Waals surface area (Å²) in [7, 11) is -3.74. The molecule has 0 aliphatic carbocycles. The minimum Gasteiger partial charge on any atom is -0.491 e. The fourth-order valence-corrected chi connectivity index (χ4v) is 3.27. The number of hydrogen-bond donors (Lipinski definition) is 0. The highest BCUT2D eigenvalue weighted by Crippen LogP contribution is 2.10. The molecule has 31 heavy (non-hydrogen) atoms.